The van der Waals surface area contributed by atoms with E-state index in [1.165, 1.54) is 16.3 Å². The minimum atomic E-state index is -0.437. The minimum absolute atomic E-state index is 0.0442. The third-order valence-corrected chi connectivity index (χ3v) is 5.51. The number of hydrogen-bond donors (Lipinski definition) is 2. The molecule has 0 spiro atoms. The maximum atomic E-state index is 12.5. The number of nitrogens with one attached hydrogen (secondary N) is 2. The maximum absolute atomic E-state index is 12.5. The first-order chi connectivity index (χ1) is 15.7. The van der Waals surface area contributed by atoms with Crippen LogP contribution < -0.4 is 10.6 Å². The van der Waals surface area contributed by atoms with E-state index in [9.17, 15) is 4.79 Å². The number of carbonyl (C=O) groups is 1. The highest BCUT2D eigenvalue weighted by molar-refractivity contribution is 5.83. The first-order valence-electron chi connectivity index (χ1n) is 10.9. The summed E-state index contributed by atoms with van der Waals surface area (Å²) in [5.41, 5.74) is 3.26. The molecule has 4 heteroatoms. The number of carbonyl (C=O) groups excluding carboxylic acids is 1. The lowest BCUT2D eigenvalue weighted by Gasteiger charge is -2.25. The smallest absolute Gasteiger partial charge is 0.408 e. The van der Waals surface area contributed by atoms with E-state index in [1.54, 1.807) is 0 Å². The zero-order valence-electron chi connectivity index (χ0n) is 18.2. The Bertz CT molecular complexity index is 1150. The number of fused-ring (bicyclic) bond motifs is 1. The summed E-state index contributed by atoms with van der Waals surface area (Å²) in [5, 5.41) is 8.98. The summed E-state index contributed by atoms with van der Waals surface area (Å²) in [6.07, 6.45) is -0.0609. The summed E-state index contributed by atoms with van der Waals surface area (Å²) in [4.78, 5) is 12.5. The van der Waals surface area contributed by atoms with Gasteiger partial charge in [0.2, 0.25) is 0 Å². The van der Waals surface area contributed by atoms with Crippen molar-refractivity contribution in [1.29, 1.82) is 0 Å². The molecule has 1 amide bonds. The summed E-state index contributed by atoms with van der Waals surface area (Å²) in [5.74, 6) is 0. The Kier molecular flexibility index (Phi) is 7.15. The van der Waals surface area contributed by atoms with E-state index < -0.39 is 6.09 Å². The highest BCUT2D eigenvalue weighted by Crippen LogP contribution is 2.21. The highest BCUT2D eigenvalue weighted by Gasteiger charge is 2.17. The van der Waals surface area contributed by atoms with Crippen LogP contribution >= 0.6 is 0 Å². The second-order valence-electron chi connectivity index (χ2n) is 7.94. The van der Waals surface area contributed by atoms with Crippen molar-refractivity contribution in [1.82, 2.24) is 10.6 Å². The molecule has 4 rings (SSSR count). The van der Waals surface area contributed by atoms with Crippen molar-refractivity contribution in [2.45, 2.75) is 32.2 Å². The van der Waals surface area contributed by atoms with Crippen LogP contribution in [0.25, 0.3) is 10.8 Å². The number of ether oxygens (including phenoxy) is 1. The summed E-state index contributed by atoms with van der Waals surface area (Å²) in [7, 11) is 0. The number of amides is 1. The Labute approximate surface area is 189 Å². The molecule has 0 radical (unpaired) electrons. The summed E-state index contributed by atoms with van der Waals surface area (Å²) >= 11 is 0. The second kappa shape index (κ2) is 10.6. The number of benzene rings is 4. The van der Waals surface area contributed by atoms with Crippen LogP contribution in [-0.2, 0) is 17.8 Å². The normalized spacial score (nSPS) is 12.8. The Hall–Kier alpha value is -3.63. The van der Waals surface area contributed by atoms with Gasteiger partial charge in [-0.1, -0.05) is 97.1 Å². The molecule has 4 aromatic rings. The van der Waals surface area contributed by atoms with E-state index in [0.29, 0.717) is 6.42 Å². The summed E-state index contributed by atoms with van der Waals surface area (Å²) in [6, 6.07) is 34.6. The average Bonchev–Trinajstić information content (AvgIpc) is 2.83. The predicted octanol–water partition coefficient (Wildman–Crippen LogP) is 5.99. The van der Waals surface area contributed by atoms with Crippen LogP contribution in [0, 0.1) is 0 Å². The molecule has 0 saturated carbocycles. The average molecular weight is 425 g/mol. The van der Waals surface area contributed by atoms with Crippen LogP contribution in [0.5, 0.6) is 0 Å². The van der Waals surface area contributed by atoms with Crippen LogP contribution in [0.1, 0.15) is 29.7 Å². The van der Waals surface area contributed by atoms with E-state index >= 15 is 0 Å². The van der Waals surface area contributed by atoms with Crippen LogP contribution in [0.4, 0.5) is 4.79 Å². The standard InChI is InChI=1S/C28H28N2O2/c1-21(25-17-16-24-14-8-9-15-26(24)19-25)29-27(18-22-10-4-2-5-11-22)30-28(31)32-20-23-12-6-3-7-13-23/h2-17,19,21,27,29H,18,20H2,1H3,(H,30,31)/t21-,27-/m0/s1. The van der Waals surface area contributed by atoms with Gasteiger partial charge in [-0.25, -0.2) is 4.79 Å². The molecule has 0 aliphatic rings. The first kappa shape index (κ1) is 21.6. The van der Waals surface area contributed by atoms with Crippen LogP contribution in [0.15, 0.2) is 103 Å². The van der Waals surface area contributed by atoms with Gasteiger partial charge >= 0.3 is 6.09 Å². The largest absolute Gasteiger partial charge is 0.445 e. The highest BCUT2D eigenvalue weighted by atomic mass is 16.5. The lowest BCUT2D eigenvalue weighted by Crippen LogP contribution is -2.47. The van der Waals surface area contributed by atoms with Gasteiger partial charge in [0.15, 0.2) is 0 Å². The number of alkyl carbamates (subject to hydrolysis) is 1. The van der Waals surface area contributed by atoms with Crippen molar-refractivity contribution in [3.05, 3.63) is 120 Å². The molecule has 162 valence electrons. The number of hydrogen-bond acceptors (Lipinski definition) is 3. The van der Waals surface area contributed by atoms with Crippen molar-refractivity contribution in [3.63, 3.8) is 0 Å². The summed E-state index contributed by atoms with van der Waals surface area (Å²) in [6.45, 7) is 2.35. The number of rotatable bonds is 8. The second-order valence-corrected chi connectivity index (χ2v) is 7.94. The van der Waals surface area contributed by atoms with Gasteiger partial charge in [0.25, 0.3) is 0 Å². The third kappa shape index (κ3) is 5.96. The Morgan fingerprint density at radius 1 is 0.781 bits per heavy atom. The Morgan fingerprint density at radius 3 is 2.12 bits per heavy atom. The fraction of sp³-hybridized carbons (Fsp3) is 0.179. The van der Waals surface area contributed by atoms with Crippen molar-refractivity contribution >= 4 is 16.9 Å². The molecule has 4 nitrogen and oxygen atoms in total. The fourth-order valence-electron chi connectivity index (χ4n) is 3.78. The van der Waals surface area contributed by atoms with Gasteiger partial charge in [0.1, 0.15) is 6.61 Å². The molecule has 2 atom stereocenters. The van der Waals surface area contributed by atoms with Gasteiger partial charge in [0, 0.05) is 12.5 Å². The van der Waals surface area contributed by atoms with Gasteiger partial charge in [0.05, 0.1) is 6.17 Å². The molecule has 0 aliphatic carbocycles. The molecule has 0 aliphatic heterocycles. The molecule has 0 unspecified atom stereocenters. The molecular weight excluding hydrogens is 396 g/mol. The Morgan fingerprint density at radius 2 is 1.41 bits per heavy atom. The quantitative estimate of drug-likeness (QED) is 0.342. The zero-order valence-corrected chi connectivity index (χ0v) is 18.2. The lowest BCUT2D eigenvalue weighted by molar-refractivity contribution is 0.132. The lowest BCUT2D eigenvalue weighted by atomic mass is 10.0. The first-order valence-corrected chi connectivity index (χ1v) is 10.9. The molecule has 2 N–H and O–H groups in total. The van der Waals surface area contributed by atoms with Crippen LogP contribution in [-0.4, -0.2) is 12.3 Å². The van der Waals surface area contributed by atoms with Crippen molar-refractivity contribution < 1.29 is 9.53 Å². The van der Waals surface area contributed by atoms with Gasteiger partial charge < -0.3 is 10.1 Å². The van der Waals surface area contributed by atoms with E-state index in [2.05, 4.69) is 60.0 Å². The maximum Gasteiger partial charge on any atom is 0.408 e. The third-order valence-electron chi connectivity index (χ3n) is 5.51. The van der Waals surface area contributed by atoms with E-state index in [4.69, 9.17) is 4.74 Å². The molecule has 0 heterocycles. The van der Waals surface area contributed by atoms with E-state index in [0.717, 1.165) is 11.1 Å². The van der Waals surface area contributed by atoms with E-state index in [1.807, 2.05) is 60.7 Å². The zero-order chi connectivity index (χ0) is 22.2. The molecule has 0 aromatic heterocycles. The Balaban J connectivity index is 1.44. The minimum Gasteiger partial charge on any atom is -0.445 e. The molecule has 0 fully saturated rings. The van der Waals surface area contributed by atoms with Gasteiger partial charge in [-0.3, -0.25) is 5.32 Å². The molecule has 32 heavy (non-hydrogen) atoms. The van der Waals surface area contributed by atoms with E-state index in [-0.39, 0.29) is 18.8 Å². The van der Waals surface area contributed by atoms with Crippen molar-refractivity contribution in [2.24, 2.45) is 0 Å². The van der Waals surface area contributed by atoms with Crippen molar-refractivity contribution in [3.8, 4) is 0 Å². The van der Waals surface area contributed by atoms with Gasteiger partial charge in [-0.15, -0.1) is 0 Å². The predicted molar refractivity (Wildman–Crippen MR) is 129 cm³/mol. The topological polar surface area (TPSA) is 50.4 Å². The van der Waals surface area contributed by atoms with Crippen molar-refractivity contribution in [2.75, 3.05) is 0 Å². The van der Waals surface area contributed by atoms with Gasteiger partial charge in [-0.2, -0.15) is 0 Å². The molecule has 0 saturated heterocycles. The molecule has 0 bridgehead atoms. The molecular formula is C28H28N2O2. The molecule has 4 aromatic carbocycles. The monoisotopic (exact) mass is 424 g/mol. The van der Waals surface area contributed by atoms with Gasteiger partial charge in [-0.05, 0) is 40.5 Å². The SMILES string of the molecule is C[C@H](N[C@H](Cc1ccccc1)NC(=O)OCc1ccccc1)c1ccc2ccccc2c1. The van der Waals surface area contributed by atoms with Crippen LogP contribution in [0.3, 0.4) is 0 Å². The summed E-state index contributed by atoms with van der Waals surface area (Å²) < 4.78 is 5.45. The fourth-order valence-corrected chi connectivity index (χ4v) is 3.78. The van der Waals surface area contributed by atoms with Crippen LogP contribution in [0.2, 0.25) is 0 Å².